The molecule has 176 valence electrons. The number of benzene rings is 5. The minimum absolute atomic E-state index is 0.984. The van der Waals surface area contributed by atoms with E-state index in [2.05, 4.69) is 108 Å². The molecule has 0 bridgehead atoms. The van der Waals surface area contributed by atoms with Gasteiger partial charge in [-0.05, 0) is 51.6 Å². The number of para-hydroxylation sites is 1. The van der Waals surface area contributed by atoms with Crippen molar-refractivity contribution < 1.29 is 0 Å². The van der Waals surface area contributed by atoms with Gasteiger partial charge in [0.15, 0.2) is 0 Å². The maximum atomic E-state index is 5.28. The van der Waals surface area contributed by atoms with Crippen LogP contribution in [-0.2, 0) is 0 Å². The summed E-state index contributed by atoms with van der Waals surface area (Å²) in [5, 5.41) is 9.37. The normalized spacial score (nSPS) is 11.7. The van der Waals surface area contributed by atoms with E-state index in [0.29, 0.717) is 0 Å². The monoisotopic (exact) mass is 483 g/mol. The Labute approximate surface area is 219 Å². The van der Waals surface area contributed by atoms with Crippen LogP contribution in [0.25, 0.3) is 76.5 Å². The predicted molar refractivity (Wildman–Crippen MR) is 158 cm³/mol. The molecule has 0 fully saturated rings. The summed E-state index contributed by atoms with van der Waals surface area (Å²) < 4.78 is 0. The van der Waals surface area contributed by atoms with Gasteiger partial charge in [-0.2, -0.15) is 0 Å². The van der Waals surface area contributed by atoms with Gasteiger partial charge in [-0.3, -0.25) is 9.97 Å². The Bertz CT molecular complexity index is 2180. The van der Waals surface area contributed by atoms with Gasteiger partial charge in [0.2, 0.25) is 0 Å². The zero-order valence-electron chi connectivity index (χ0n) is 20.5. The van der Waals surface area contributed by atoms with Gasteiger partial charge in [0.1, 0.15) is 0 Å². The van der Waals surface area contributed by atoms with Gasteiger partial charge in [0.05, 0.1) is 16.7 Å². The van der Waals surface area contributed by atoms with Crippen molar-refractivity contribution in [1.82, 2.24) is 15.0 Å². The van der Waals surface area contributed by atoms with E-state index in [1.165, 1.54) is 32.5 Å². The first-order valence-electron chi connectivity index (χ1n) is 12.8. The summed E-state index contributed by atoms with van der Waals surface area (Å²) in [6, 6.07) is 38.6. The third kappa shape index (κ3) is 3.06. The molecule has 0 atom stereocenters. The lowest BCUT2D eigenvalue weighted by molar-refractivity contribution is 1.33. The van der Waals surface area contributed by atoms with E-state index >= 15 is 0 Å². The summed E-state index contributed by atoms with van der Waals surface area (Å²) in [7, 11) is 0. The molecule has 3 nitrogen and oxygen atoms in total. The van der Waals surface area contributed by atoms with Crippen LogP contribution < -0.4 is 0 Å². The molecule has 38 heavy (non-hydrogen) atoms. The van der Waals surface area contributed by atoms with Gasteiger partial charge < -0.3 is 0 Å². The fourth-order valence-corrected chi connectivity index (χ4v) is 5.89. The maximum absolute atomic E-state index is 5.28. The molecule has 0 N–H and O–H groups in total. The van der Waals surface area contributed by atoms with Crippen molar-refractivity contribution in [2.45, 2.75) is 0 Å². The summed E-state index contributed by atoms with van der Waals surface area (Å²) in [6.45, 7) is 0. The first-order valence-corrected chi connectivity index (χ1v) is 12.8. The molecule has 8 rings (SSSR count). The zero-order valence-corrected chi connectivity index (χ0v) is 20.5. The maximum Gasteiger partial charge on any atom is 0.0794 e. The van der Waals surface area contributed by atoms with E-state index in [1.54, 1.807) is 0 Å². The molecule has 3 aromatic heterocycles. The second-order valence-electron chi connectivity index (χ2n) is 9.65. The smallest absolute Gasteiger partial charge is 0.0794 e. The average molecular weight is 484 g/mol. The number of hydrogen-bond acceptors (Lipinski definition) is 3. The molecule has 0 unspecified atom stereocenters. The quantitative estimate of drug-likeness (QED) is 0.230. The Morgan fingerprint density at radius 2 is 1.16 bits per heavy atom. The summed E-state index contributed by atoms with van der Waals surface area (Å²) in [6.07, 6.45) is 5.58. The van der Waals surface area contributed by atoms with Crippen molar-refractivity contribution in [3.05, 3.63) is 128 Å². The Morgan fingerprint density at radius 3 is 2.03 bits per heavy atom. The second kappa shape index (κ2) is 8.19. The molecule has 0 aliphatic carbocycles. The summed E-state index contributed by atoms with van der Waals surface area (Å²) in [5.41, 5.74) is 6.47. The lowest BCUT2D eigenvalue weighted by Gasteiger charge is -2.16. The number of fused-ring (bicyclic) bond motifs is 8. The first kappa shape index (κ1) is 21.0. The topological polar surface area (TPSA) is 38.7 Å². The van der Waals surface area contributed by atoms with Gasteiger partial charge in [-0.15, -0.1) is 0 Å². The highest BCUT2D eigenvalue weighted by Gasteiger charge is 2.17. The third-order valence-electron chi connectivity index (χ3n) is 7.59. The van der Waals surface area contributed by atoms with Gasteiger partial charge in [0.25, 0.3) is 0 Å². The Hall–Kier alpha value is -5.15. The van der Waals surface area contributed by atoms with Crippen LogP contribution in [0.1, 0.15) is 0 Å². The Morgan fingerprint density at radius 1 is 0.447 bits per heavy atom. The van der Waals surface area contributed by atoms with Crippen molar-refractivity contribution >= 4 is 54.1 Å². The van der Waals surface area contributed by atoms with E-state index in [0.717, 1.165) is 44.0 Å². The van der Waals surface area contributed by atoms with Crippen molar-refractivity contribution in [3.63, 3.8) is 0 Å². The molecule has 0 saturated carbocycles. The highest BCUT2D eigenvalue weighted by Crippen LogP contribution is 2.42. The van der Waals surface area contributed by atoms with Crippen molar-refractivity contribution in [3.8, 4) is 22.4 Å². The van der Waals surface area contributed by atoms with Crippen LogP contribution in [0.2, 0.25) is 0 Å². The molecular weight excluding hydrogens is 462 g/mol. The lowest BCUT2D eigenvalue weighted by atomic mass is 9.90. The van der Waals surface area contributed by atoms with E-state index in [9.17, 15) is 0 Å². The number of pyridine rings is 3. The minimum atomic E-state index is 0.984. The molecule has 3 heterocycles. The molecule has 0 radical (unpaired) electrons. The Kier molecular flexibility index (Phi) is 4.52. The van der Waals surface area contributed by atoms with Gasteiger partial charge in [-0.25, -0.2) is 4.98 Å². The van der Waals surface area contributed by atoms with Crippen LogP contribution in [0.5, 0.6) is 0 Å². The SMILES string of the molecule is c1cnc2c(c1)ccc1ccc3c(-c4ccc(-c5ccncc5)c5ccccc45)nc4ccccc4c3c12. The highest BCUT2D eigenvalue weighted by atomic mass is 14.7. The largest absolute Gasteiger partial charge is 0.265 e. The highest BCUT2D eigenvalue weighted by molar-refractivity contribution is 6.28. The first-order chi connectivity index (χ1) is 18.9. The molecule has 5 aromatic carbocycles. The van der Waals surface area contributed by atoms with E-state index in [1.807, 2.05) is 24.7 Å². The van der Waals surface area contributed by atoms with Crippen LogP contribution in [0.4, 0.5) is 0 Å². The van der Waals surface area contributed by atoms with E-state index < -0.39 is 0 Å². The molecule has 0 spiro atoms. The average Bonchev–Trinajstić information content (AvgIpc) is 3.00. The fraction of sp³-hybridized carbons (Fsp3) is 0. The van der Waals surface area contributed by atoms with Crippen molar-refractivity contribution in [2.75, 3.05) is 0 Å². The van der Waals surface area contributed by atoms with Gasteiger partial charge in [0, 0.05) is 51.1 Å². The van der Waals surface area contributed by atoms with Crippen molar-refractivity contribution in [2.24, 2.45) is 0 Å². The van der Waals surface area contributed by atoms with Crippen molar-refractivity contribution in [1.29, 1.82) is 0 Å². The van der Waals surface area contributed by atoms with Crippen LogP contribution in [0.3, 0.4) is 0 Å². The second-order valence-corrected chi connectivity index (χ2v) is 9.65. The number of hydrogen-bond donors (Lipinski definition) is 0. The Balaban J connectivity index is 1.54. The molecular formula is C35H21N3. The zero-order chi connectivity index (χ0) is 25.1. The van der Waals surface area contributed by atoms with E-state index in [-0.39, 0.29) is 0 Å². The molecule has 3 heteroatoms. The van der Waals surface area contributed by atoms with Crippen LogP contribution in [0.15, 0.2) is 128 Å². The summed E-state index contributed by atoms with van der Waals surface area (Å²) >= 11 is 0. The molecule has 0 amide bonds. The number of rotatable bonds is 2. The molecule has 8 aromatic rings. The standard InChI is InChI=1S/C35H21N3/c1-2-8-27-26(7-1)25(22-17-20-36-21-18-22)15-16-28(27)35-30-14-13-23-11-12-24-6-5-19-37-34(24)32(23)33(30)29-9-3-4-10-31(29)38-35/h1-21H. The lowest BCUT2D eigenvalue weighted by Crippen LogP contribution is -1.93. The van der Waals surface area contributed by atoms with Crippen LogP contribution >= 0.6 is 0 Å². The molecule has 0 aliphatic heterocycles. The van der Waals surface area contributed by atoms with Crippen LogP contribution in [0, 0.1) is 0 Å². The van der Waals surface area contributed by atoms with Crippen LogP contribution in [-0.4, -0.2) is 15.0 Å². The molecule has 0 saturated heterocycles. The molecule has 0 aliphatic rings. The summed E-state index contributed by atoms with van der Waals surface area (Å²) in [4.78, 5) is 14.3. The summed E-state index contributed by atoms with van der Waals surface area (Å²) in [5.74, 6) is 0. The minimum Gasteiger partial charge on any atom is -0.265 e. The predicted octanol–water partition coefficient (Wildman–Crippen LogP) is 8.97. The number of nitrogens with zero attached hydrogens (tertiary/aromatic N) is 3. The number of aromatic nitrogens is 3. The third-order valence-corrected chi connectivity index (χ3v) is 7.59. The van der Waals surface area contributed by atoms with Gasteiger partial charge in [-0.1, -0.05) is 84.9 Å². The van der Waals surface area contributed by atoms with E-state index in [4.69, 9.17) is 9.97 Å². The van der Waals surface area contributed by atoms with Gasteiger partial charge >= 0.3 is 0 Å². The fourth-order valence-electron chi connectivity index (χ4n) is 5.89.